The molecular formula is C22H19ClN2O4. The fourth-order valence-electron chi connectivity index (χ4n) is 2.68. The first kappa shape index (κ1) is 20.4. The van der Waals surface area contributed by atoms with Crippen molar-refractivity contribution >= 4 is 29.2 Å². The summed E-state index contributed by atoms with van der Waals surface area (Å²) in [5.41, 5.74) is 3.53. The Morgan fingerprint density at radius 2 is 1.86 bits per heavy atom. The molecule has 0 amide bonds. The van der Waals surface area contributed by atoms with Crippen LogP contribution < -0.4 is 9.47 Å². The second kappa shape index (κ2) is 9.21. The van der Waals surface area contributed by atoms with Crippen molar-refractivity contribution in [2.45, 2.75) is 13.5 Å². The maximum absolute atomic E-state index is 10.7. The minimum absolute atomic E-state index is 0.0293. The number of methoxy groups -OCH3 is 1. The first-order valence-corrected chi connectivity index (χ1v) is 9.19. The van der Waals surface area contributed by atoms with Crippen molar-refractivity contribution in [1.29, 1.82) is 0 Å². The summed E-state index contributed by atoms with van der Waals surface area (Å²) in [6.45, 7) is 2.19. The number of nitro groups is 1. The number of aliphatic imine (C=N–C) groups is 1. The molecule has 0 aliphatic carbocycles. The van der Waals surface area contributed by atoms with Crippen LogP contribution in [0.5, 0.6) is 11.5 Å². The first-order chi connectivity index (χ1) is 14.0. The van der Waals surface area contributed by atoms with Crippen molar-refractivity contribution in [2.24, 2.45) is 4.99 Å². The maximum Gasteiger partial charge on any atom is 0.269 e. The van der Waals surface area contributed by atoms with Crippen LogP contribution in [0.2, 0.25) is 5.02 Å². The lowest BCUT2D eigenvalue weighted by Gasteiger charge is -2.13. The Morgan fingerprint density at radius 3 is 2.52 bits per heavy atom. The fraction of sp³-hybridized carbons (Fsp3) is 0.136. The van der Waals surface area contributed by atoms with Gasteiger partial charge in [0.15, 0.2) is 11.5 Å². The van der Waals surface area contributed by atoms with E-state index in [-0.39, 0.29) is 12.3 Å². The van der Waals surface area contributed by atoms with Crippen LogP contribution in [0.4, 0.5) is 11.4 Å². The van der Waals surface area contributed by atoms with Gasteiger partial charge in [-0.15, -0.1) is 0 Å². The van der Waals surface area contributed by atoms with Crippen LogP contribution in [0, 0.1) is 17.0 Å². The number of hydrogen-bond acceptors (Lipinski definition) is 5. The number of nitro benzene ring substituents is 1. The zero-order chi connectivity index (χ0) is 20.8. The Kier molecular flexibility index (Phi) is 6.46. The van der Waals surface area contributed by atoms with Crippen LogP contribution in [-0.2, 0) is 6.61 Å². The van der Waals surface area contributed by atoms with Crippen molar-refractivity contribution in [1.82, 2.24) is 0 Å². The average Bonchev–Trinajstić information content (AvgIpc) is 2.72. The maximum atomic E-state index is 10.7. The van der Waals surface area contributed by atoms with Gasteiger partial charge < -0.3 is 9.47 Å². The molecule has 0 saturated carbocycles. The normalized spacial score (nSPS) is 10.9. The minimum atomic E-state index is -0.443. The van der Waals surface area contributed by atoms with E-state index in [1.807, 2.05) is 31.2 Å². The van der Waals surface area contributed by atoms with Crippen molar-refractivity contribution in [3.05, 3.63) is 92.5 Å². The topological polar surface area (TPSA) is 74.0 Å². The highest BCUT2D eigenvalue weighted by molar-refractivity contribution is 6.32. The first-order valence-electron chi connectivity index (χ1n) is 8.81. The molecule has 0 spiro atoms. The lowest BCUT2D eigenvalue weighted by atomic mass is 10.2. The predicted octanol–water partition coefficient (Wildman–Crippen LogP) is 5.89. The molecule has 0 N–H and O–H groups in total. The molecule has 0 unspecified atom stereocenters. The number of non-ortho nitro benzene ring substituents is 1. The van der Waals surface area contributed by atoms with Gasteiger partial charge in [0.25, 0.3) is 5.69 Å². The lowest BCUT2D eigenvalue weighted by Crippen LogP contribution is -2.00. The van der Waals surface area contributed by atoms with E-state index in [0.717, 1.165) is 22.4 Å². The molecule has 29 heavy (non-hydrogen) atoms. The van der Waals surface area contributed by atoms with Gasteiger partial charge in [-0.1, -0.05) is 29.8 Å². The van der Waals surface area contributed by atoms with Gasteiger partial charge in [-0.05, 0) is 53.9 Å². The Morgan fingerprint density at radius 1 is 1.14 bits per heavy atom. The van der Waals surface area contributed by atoms with Crippen molar-refractivity contribution in [3.8, 4) is 11.5 Å². The molecule has 3 aromatic carbocycles. The van der Waals surface area contributed by atoms with Gasteiger partial charge in [0.1, 0.15) is 6.61 Å². The van der Waals surface area contributed by atoms with Crippen molar-refractivity contribution in [3.63, 3.8) is 0 Å². The molecule has 3 rings (SSSR count). The summed E-state index contributed by atoms with van der Waals surface area (Å²) in [5, 5.41) is 11.1. The van der Waals surface area contributed by atoms with Gasteiger partial charge in [0, 0.05) is 18.3 Å². The molecule has 3 aromatic rings. The number of aryl methyl sites for hydroxylation is 1. The summed E-state index contributed by atoms with van der Waals surface area (Å²) < 4.78 is 11.2. The molecule has 0 aromatic heterocycles. The molecule has 0 heterocycles. The van der Waals surface area contributed by atoms with E-state index >= 15 is 0 Å². The van der Waals surface area contributed by atoms with Gasteiger partial charge >= 0.3 is 0 Å². The minimum Gasteiger partial charge on any atom is -0.493 e. The second-order valence-corrected chi connectivity index (χ2v) is 6.70. The van der Waals surface area contributed by atoms with Gasteiger partial charge in [-0.3, -0.25) is 15.1 Å². The molecule has 0 saturated heterocycles. The van der Waals surface area contributed by atoms with Gasteiger partial charge in [0.05, 0.1) is 22.7 Å². The van der Waals surface area contributed by atoms with Gasteiger partial charge in [-0.25, -0.2) is 0 Å². The summed E-state index contributed by atoms with van der Waals surface area (Å²) in [4.78, 5) is 14.8. The molecule has 0 aliphatic heterocycles. The molecule has 0 aliphatic rings. The highest BCUT2D eigenvalue weighted by atomic mass is 35.5. The second-order valence-electron chi connectivity index (χ2n) is 6.29. The summed E-state index contributed by atoms with van der Waals surface area (Å²) in [6, 6.07) is 17.5. The Labute approximate surface area is 173 Å². The Bertz CT molecular complexity index is 1050. The smallest absolute Gasteiger partial charge is 0.269 e. The van der Waals surface area contributed by atoms with Crippen LogP contribution in [-0.4, -0.2) is 18.2 Å². The number of nitrogens with zero attached hydrogens (tertiary/aromatic N) is 2. The van der Waals surface area contributed by atoms with Crippen molar-refractivity contribution < 1.29 is 14.4 Å². The van der Waals surface area contributed by atoms with Crippen LogP contribution >= 0.6 is 11.6 Å². The molecule has 148 valence electrons. The summed E-state index contributed by atoms with van der Waals surface area (Å²) in [6.07, 6.45) is 1.72. The zero-order valence-corrected chi connectivity index (χ0v) is 16.7. The molecule has 7 heteroatoms. The number of rotatable bonds is 7. The number of halogens is 1. The number of hydrogen-bond donors (Lipinski definition) is 0. The Balaban J connectivity index is 1.77. The molecule has 0 fully saturated rings. The quantitative estimate of drug-likeness (QED) is 0.276. The predicted molar refractivity (Wildman–Crippen MR) is 114 cm³/mol. The van der Waals surface area contributed by atoms with E-state index in [1.165, 1.54) is 19.2 Å². The van der Waals surface area contributed by atoms with E-state index in [1.54, 1.807) is 30.5 Å². The van der Waals surface area contributed by atoms with Crippen LogP contribution in [0.15, 0.2) is 65.7 Å². The van der Waals surface area contributed by atoms with Gasteiger partial charge in [-0.2, -0.15) is 0 Å². The molecule has 0 atom stereocenters. The highest BCUT2D eigenvalue weighted by Crippen LogP contribution is 2.37. The summed E-state index contributed by atoms with van der Waals surface area (Å²) in [7, 11) is 1.53. The summed E-state index contributed by atoms with van der Waals surface area (Å²) >= 11 is 6.40. The van der Waals surface area contributed by atoms with E-state index in [0.29, 0.717) is 16.5 Å². The molecule has 6 nitrogen and oxygen atoms in total. The average molecular weight is 411 g/mol. The van der Waals surface area contributed by atoms with E-state index in [9.17, 15) is 10.1 Å². The third-order valence-electron chi connectivity index (χ3n) is 4.25. The monoisotopic (exact) mass is 410 g/mol. The van der Waals surface area contributed by atoms with E-state index < -0.39 is 4.92 Å². The fourth-order valence-corrected chi connectivity index (χ4v) is 2.95. The van der Waals surface area contributed by atoms with Crippen LogP contribution in [0.3, 0.4) is 0 Å². The zero-order valence-electron chi connectivity index (χ0n) is 16.0. The summed E-state index contributed by atoms with van der Waals surface area (Å²) in [5.74, 6) is 0.881. The Hall–Kier alpha value is -3.38. The SMILES string of the molecule is COc1cc(C=Nc2ccccc2C)cc(Cl)c1OCc1ccc([N+](=O)[O-])cc1. The van der Waals surface area contributed by atoms with Crippen molar-refractivity contribution in [2.75, 3.05) is 7.11 Å². The molecule has 0 bridgehead atoms. The van der Waals surface area contributed by atoms with E-state index in [4.69, 9.17) is 21.1 Å². The van der Waals surface area contributed by atoms with Gasteiger partial charge in [0.2, 0.25) is 0 Å². The number of benzene rings is 3. The number of ether oxygens (including phenoxy) is 2. The third-order valence-corrected chi connectivity index (χ3v) is 4.53. The highest BCUT2D eigenvalue weighted by Gasteiger charge is 2.12. The van der Waals surface area contributed by atoms with Crippen LogP contribution in [0.25, 0.3) is 0 Å². The third kappa shape index (κ3) is 5.12. The lowest BCUT2D eigenvalue weighted by molar-refractivity contribution is -0.384. The molecule has 0 radical (unpaired) electrons. The largest absolute Gasteiger partial charge is 0.493 e. The molecular weight excluding hydrogens is 392 g/mol. The number of para-hydroxylation sites is 1. The van der Waals surface area contributed by atoms with Crippen LogP contribution in [0.1, 0.15) is 16.7 Å². The van der Waals surface area contributed by atoms with E-state index in [2.05, 4.69) is 4.99 Å². The standard InChI is InChI=1S/C22H19ClN2O4/c1-15-5-3-4-6-20(15)24-13-17-11-19(23)22(21(12-17)28-2)29-14-16-7-9-18(10-8-16)25(26)27/h3-13H,14H2,1-2H3.